The van der Waals surface area contributed by atoms with Crippen LogP contribution in [0.2, 0.25) is 0 Å². The smallest absolute Gasteiger partial charge is 0.303 e. The van der Waals surface area contributed by atoms with Crippen molar-refractivity contribution >= 4 is 5.97 Å². The fourth-order valence-corrected chi connectivity index (χ4v) is 4.18. The van der Waals surface area contributed by atoms with Crippen LogP contribution in [-0.2, 0) is 4.79 Å². The Hall–Kier alpha value is -0.530. The summed E-state index contributed by atoms with van der Waals surface area (Å²) >= 11 is 0. The molecule has 0 radical (unpaired) electrons. The summed E-state index contributed by atoms with van der Waals surface area (Å²) in [6.07, 6.45) is 24.3. The van der Waals surface area contributed by atoms with Crippen molar-refractivity contribution in [2.24, 2.45) is 5.41 Å². The number of aliphatic carboxylic acids is 1. The van der Waals surface area contributed by atoms with E-state index in [2.05, 4.69) is 20.8 Å². The second-order valence-corrected chi connectivity index (χ2v) is 8.40. The van der Waals surface area contributed by atoms with Crippen molar-refractivity contribution in [3.05, 3.63) is 0 Å². The Labute approximate surface area is 164 Å². The van der Waals surface area contributed by atoms with E-state index in [-0.39, 0.29) is 0 Å². The molecular weight excluding hydrogens is 320 g/mol. The van der Waals surface area contributed by atoms with Crippen molar-refractivity contribution in [3.8, 4) is 0 Å². The van der Waals surface area contributed by atoms with Crippen LogP contribution in [0.3, 0.4) is 0 Å². The molecule has 0 saturated carbocycles. The standard InChI is InChI=1S/C24H48O2/c1-4-24(5-2,6-3)22-20-18-16-14-12-10-8-7-9-11-13-15-17-19-21-23(25)26/h4-22H2,1-3H3,(H,25,26). The largest absolute Gasteiger partial charge is 0.481 e. The molecule has 2 nitrogen and oxygen atoms in total. The van der Waals surface area contributed by atoms with E-state index in [1.165, 1.54) is 103 Å². The van der Waals surface area contributed by atoms with Gasteiger partial charge in [-0.2, -0.15) is 0 Å². The van der Waals surface area contributed by atoms with E-state index in [9.17, 15) is 4.79 Å². The van der Waals surface area contributed by atoms with Gasteiger partial charge >= 0.3 is 5.97 Å². The van der Waals surface area contributed by atoms with Crippen LogP contribution < -0.4 is 0 Å². The molecular formula is C24H48O2. The van der Waals surface area contributed by atoms with Crippen molar-refractivity contribution in [3.63, 3.8) is 0 Å². The normalized spacial score (nSPS) is 11.8. The number of carbonyl (C=O) groups is 1. The molecule has 0 spiro atoms. The first-order valence-corrected chi connectivity index (χ1v) is 11.8. The quantitative estimate of drug-likeness (QED) is 0.219. The molecule has 2 heteroatoms. The van der Waals surface area contributed by atoms with Crippen LogP contribution in [0.4, 0.5) is 0 Å². The zero-order chi connectivity index (χ0) is 19.5. The van der Waals surface area contributed by atoms with Gasteiger partial charge in [0.15, 0.2) is 0 Å². The first kappa shape index (κ1) is 25.5. The Balaban J connectivity index is 3.23. The molecule has 0 saturated heterocycles. The average molecular weight is 369 g/mol. The number of carboxylic acids is 1. The molecule has 26 heavy (non-hydrogen) atoms. The third-order valence-electron chi connectivity index (χ3n) is 6.60. The molecule has 0 aromatic carbocycles. The molecule has 0 heterocycles. The SMILES string of the molecule is CCC(CC)(CC)CCCCCCCCCCCCCCCCC(=O)O. The predicted octanol–water partition coefficient (Wildman–Crippen LogP) is 8.53. The van der Waals surface area contributed by atoms with Gasteiger partial charge in [-0.3, -0.25) is 4.79 Å². The maximum absolute atomic E-state index is 10.4. The van der Waals surface area contributed by atoms with Crippen LogP contribution in [0.25, 0.3) is 0 Å². The molecule has 0 aromatic rings. The van der Waals surface area contributed by atoms with E-state index in [0.717, 1.165) is 12.8 Å². The zero-order valence-electron chi connectivity index (χ0n) is 18.3. The van der Waals surface area contributed by atoms with Gasteiger partial charge in [0.05, 0.1) is 0 Å². The summed E-state index contributed by atoms with van der Waals surface area (Å²) in [5, 5.41) is 8.58. The minimum atomic E-state index is -0.652. The van der Waals surface area contributed by atoms with Crippen LogP contribution in [0.1, 0.15) is 143 Å². The number of hydrogen-bond acceptors (Lipinski definition) is 1. The van der Waals surface area contributed by atoms with Gasteiger partial charge < -0.3 is 5.11 Å². The maximum atomic E-state index is 10.4. The Morgan fingerprint density at radius 2 is 0.885 bits per heavy atom. The summed E-state index contributed by atoms with van der Waals surface area (Å²) in [7, 11) is 0. The van der Waals surface area contributed by atoms with Crippen molar-refractivity contribution < 1.29 is 9.90 Å². The highest BCUT2D eigenvalue weighted by molar-refractivity contribution is 5.66. The van der Waals surface area contributed by atoms with E-state index in [0.29, 0.717) is 11.8 Å². The molecule has 0 aliphatic carbocycles. The van der Waals surface area contributed by atoms with Crippen molar-refractivity contribution in [1.29, 1.82) is 0 Å². The molecule has 0 bridgehead atoms. The topological polar surface area (TPSA) is 37.3 Å². The van der Waals surface area contributed by atoms with Gasteiger partial charge in [0.25, 0.3) is 0 Å². The zero-order valence-corrected chi connectivity index (χ0v) is 18.3. The third-order valence-corrected chi connectivity index (χ3v) is 6.60. The lowest BCUT2D eigenvalue weighted by Gasteiger charge is -2.30. The highest BCUT2D eigenvalue weighted by atomic mass is 16.4. The lowest BCUT2D eigenvalue weighted by atomic mass is 9.75. The van der Waals surface area contributed by atoms with Crippen LogP contribution in [0.15, 0.2) is 0 Å². The minimum Gasteiger partial charge on any atom is -0.481 e. The van der Waals surface area contributed by atoms with Crippen molar-refractivity contribution in [2.75, 3.05) is 0 Å². The molecule has 1 N–H and O–H groups in total. The van der Waals surface area contributed by atoms with Gasteiger partial charge in [-0.05, 0) is 18.3 Å². The number of hydrogen-bond donors (Lipinski definition) is 1. The van der Waals surface area contributed by atoms with Crippen LogP contribution >= 0.6 is 0 Å². The molecule has 0 amide bonds. The van der Waals surface area contributed by atoms with E-state index in [1.807, 2.05) is 0 Å². The summed E-state index contributed by atoms with van der Waals surface area (Å²) in [5.74, 6) is -0.652. The molecule has 0 rings (SSSR count). The average Bonchev–Trinajstić information content (AvgIpc) is 2.65. The second-order valence-electron chi connectivity index (χ2n) is 8.40. The fraction of sp³-hybridized carbons (Fsp3) is 0.958. The van der Waals surface area contributed by atoms with Gasteiger partial charge in [0, 0.05) is 6.42 Å². The Morgan fingerprint density at radius 1 is 0.577 bits per heavy atom. The Bertz CT molecular complexity index is 299. The number of carboxylic acid groups (broad SMARTS) is 1. The predicted molar refractivity (Wildman–Crippen MR) is 115 cm³/mol. The van der Waals surface area contributed by atoms with Crippen molar-refractivity contribution in [2.45, 2.75) is 143 Å². The molecule has 0 atom stereocenters. The summed E-state index contributed by atoms with van der Waals surface area (Å²) < 4.78 is 0. The van der Waals surface area contributed by atoms with Crippen LogP contribution in [-0.4, -0.2) is 11.1 Å². The highest BCUT2D eigenvalue weighted by Crippen LogP contribution is 2.36. The van der Waals surface area contributed by atoms with Gasteiger partial charge in [0.2, 0.25) is 0 Å². The van der Waals surface area contributed by atoms with E-state index >= 15 is 0 Å². The Kier molecular flexibility index (Phi) is 17.5. The second kappa shape index (κ2) is 17.9. The minimum absolute atomic E-state index is 0.344. The van der Waals surface area contributed by atoms with E-state index in [1.54, 1.807) is 0 Å². The highest BCUT2D eigenvalue weighted by Gasteiger charge is 2.22. The molecule has 0 unspecified atom stereocenters. The number of rotatable bonds is 20. The number of unbranched alkanes of at least 4 members (excludes halogenated alkanes) is 13. The van der Waals surface area contributed by atoms with Gasteiger partial charge in [0.1, 0.15) is 0 Å². The van der Waals surface area contributed by atoms with E-state index in [4.69, 9.17) is 5.11 Å². The monoisotopic (exact) mass is 368 g/mol. The molecule has 0 fully saturated rings. The summed E-state index contributed by atoms with van der Waals surface area (Å²) in [5.41, 5.74) is 0.635. The molecule has 0 aliphatic rings. The van der Waals surface area contributed by atoms with Gasteiger partial charge in [-0.25, -0.2) is 0 Å². The lowest BCUT2D eigenvalue weighted by Crippen LogP contribution is -2.17. The lowest BCUT2D eigenvalue weighted by molar-refractivity contribution is -0.137. The third kappa shape index (κ3) is 14.6. The molecule has 0 aromatic heterocycles. The van der Waals surface area contributed by atoms with Crippen molar-refractivity contribution in [1.82, 2.24) is 0 Å². The molecule has 156 valence electrons. The first-order chi connectivity index (χ1) is 12.6. The summed E-state index contributed by atoms with van der Waals surface area (Å²) in [4.78, 5) is 10.4. The van der Waals surface area contributed by atoms with Gasteiger partial charge in [-0.1, -0.05) is 124 Å². The maximum Gasteiger partial charge on any atom is 0.303 e. The summed E-state index contributed by atoms with van der Waals surface area (Å²) in [6, 6.07) is 0. The van der Waals surface area contributed by atoms with E-state index < -0.39 is 5.97 Å². The summed E-state index contributed by atoms with van der Waals surface area (Å²) in [6.45, 7) is 7.10. The Morgan fingerprint density at radius 3 is 1.19 bits per heavy atom. The van der Waals surface area contributed by atoms with Crippen LogP contribution in [0.5, 0.6) is 0 Å². The van der Waals surface area contributed by atoms with Gasteiger partial charge in [-0.15, -0.1) is 0 Å². The molecule has 0 aliphatic heterocycles. The van der Waals surface area contributed by atoms with Crippen LogP contribution in [0, 0.1) is 5.41 Å². The first-order valence-electron chi connectivity index (χ1n) is 11.8. The fourth-order valence-electron chi connectivity index (χ4n) is 4.18.